The molecule has 0 aliphatic heterocycles. The van der Waals surface area contributed by atoms with E-state index < -0.39 is 5.91 Å². The lowest BCUT2D eigenvalue weighted by Crippen LogP contribution is -2.23. The zero-order valence-electron chi connectivity index (χ0n) is 7.04. The number of aromatic nitrogens is 1. The number of aromatic amines is 1. The first-order valence-corrected chi connectivity index (χ1v) is 4.21. The van der Waals surface area contributed by atoms with E-state index in [-0.39, 0.29) is 11.1 Å². The Balaban J connectivity index is 2.42. The Morgan fingerprint density at radius 3 is 2.62 bits per heavy atom. The number of amides is 1. The van der Waals surface area contributed by atoms with Crippen molar-refractivity contribution in [2.75, 3.05) is 0 Å². The van der Waals surface area contributed by atoms with Crippen LogP contribution in [0, 0.1) is 0 Å². The number of pyridine rings is 1. The summed E-state index contributed by atoms with van der Waals surface area (Å²) in [6.45, 7) is 0. The summed E-state index contributed by atoms with van der Waals surface area (Å²) in [7, 11) is 0. The van der Waals surface area contributed by atoms with Crippen molar-refractivity contribution in [1.29, 1.82) is 0 Å². The quantitative estimate of drug-likeness (QED) is 0.685. The highest BCUT2D eigenvalue weighted by molar-refractivity contribution is 5.92. The third-order valence-electron chi connectivity index (χ3n) is 2.21. The predicted octanol–water partition coefficient (Wildman–Crippen LogP) is 0.351. The Morgan fingerprint density at radius 2 is 2.15 bits per heavy atom. The third kappa shape index (κ3) is 1.47. The van der Waals surface area contributed by atoms with Crippen LogP contribution in [-0.2, 0) is 0 Å². The highest BCUT2D eigenvalue weighted by atomic mass is 16.2. The second-order valence-electron chi connectivity index (χ2n) is 3.29. The zero-order chi connectivity index (χ0) is 9.42. The molecule has 0 unspecified atom stereocenters. The first-order valence-electron chi connectivity index (χ1n) is 4.21. The lowest BCUT2D eigenvalue weighted by Gasteiger charge is -1.98. The largest absolute Gasteiger partial charge is 0.365 e. The number of rotatable bonds is 2. The average molecular weight is 178 g/mol. The van der Waals surface area contributed by atoms with Gasteiger partial charge in [0.05, 0.1) is 0 Å². The molecule has 0 atom stereocenters. The van der Waals surface area contributed by atoms with Crippen LogP contribution >= 0.6 is 0 Å². The molecule has 4 nitrogen and oxygen atoms in total. The molecule has 0 saturated heterocycles. The molecule has 0 spiro atoms. The van der Waals surface area contributed by atoms with Gasteiger partial charge in [0.2, 0.25) is 0 Å². The Morgan fingerprint density at radius 1 is 1.46 bits per heavy atom. The van der Waals surface area contributed by atoms with Gasteiger partial charge in [0.15, 0.2) is 0 Å². The molecule has 1 aliphatic carbocycles. The second-order valence-corrected chi connectivity index (χ2v) is 3.29. The highest BCUT2D eigenvalue weighted by Crippen LogP contribution is 2.38. The van der Waals surface area contributed by atoms with Gasteiger partial charge in [0.1, 0.15) is 5.56 Å². The van der Waals surface area contributed by atoms with Gasteiger partial charge in [0, 0.05) is 5.69 Å². The molecule has 1 aromatic rings. The average Bonchev–Trinajstić information content (AvgIpc) is 2.85. The van der Waals surface area contributed by atoms with Crippen molar-refractivity contribution in [2.45, 2.75) is 18.8 Å². The Bertz CT molecular complexity index is 404. The van der Waals surface area contributed by atoms with E-state index in [1.165, 1.54) is 6.07 Å². The molecule has 13 heavy (non-hydrogen) atoms. The first-order chi connectivity index (χ1) is 6.18. The summed E-state index contributed by atoms with van der Waals surface area (Å²) in [5.41, 5.74) is 5.56. The van der Waals surface area contributed by atoms with Crippen LogP contribution in [0.15, 0.2) is 16.9 Å². The Kier molecular flexibility index (Phi) is 1.69. The molecule has 1 aromatic heterocycles. The van der Waals surface area contributed by atoms with Crippen LogP contribution in [-0.4, -0.2) is 10.9 Å². The molecule has 2 rings (SSSR count). The van der Waals surface area contributed by atoms with Crippen LogP contribution in [0.5, 0.6) is 0 Å². The van der Waals surface area contributed by atoms with Crippen molar-refractivity contribution in [3.05, 3.63) is 33.7 Å². The van der Waals surface area contributed by atoms with Gasteiger partial charge < -0.3 is 10.7 Å². The minimum atomic E-state index is -0.677. The molecular weight excluding hydrogens is 168 g/mol. The molecule has 68 valence electrons. The van der Waals surface area contributed by atoms with Crippen molar-refractivity contribution in [2.24, 2.45) is 5.73 Å². The number of nitrogens with one attached hydrogen (secondary N) is 1. The summed E-state index contributed by atoms with van der Waals surface area (Å²) in [6, 6.07) is 3.26. The highest BCUT2D eigenvalue weighted by Gasteiger charge is 2.24. The van der Waals surface area contributed by atoms with Gasteiger partial charge in [0.25, 0.3) is 11.5 Å². The molecule has 1 amide bonds. The van der Waals surface area contributed by atoms with E-state index in [0.29, 0.717) is 5.92 Å². The van der Waals surface area contributed by atoms with Crippen LogP contribution in [0.25, 0.3) is 0 Å². The van der Waals surface area contributed by atoms with Crippen molar-refractivity contribution >= 4 is 5.91 Å². The molecule has 1 saturated carbocycles. The predicted molar refractivity (Wildman–Crippen MR) is 47.6 cm³/mol. The van der Waals surface area contributed by atoms with Crippen LogP contribution in [0.3, 0.4) is 0 Å². The van der Waals surface area contributed by atoms with Gasteiger partial charge >= 0.3 is 0 Å². The van der Waals surface area contributed by atoms with Gasteiger partial charge in [-0.25, -0.2) is 0 Å². The Hall–Kier alpha value is -1.58. The fourth-order valence-corrected chi connectivity index (χ4v) is 1.32. The monoisotopic (exact) mass is 178 g/mol. The first kappa shape index (κ1) is 8.04. The van der Waals surface area contributed by atoms with Gasteiger partial charge in [-0.1, -0.05) is 0 Å². The minimum absolute atomic E-state index is 0.0319. The summed E-state index contributed by atoms with van der Waals surface area (Å²) in [5, 5.41) is 0. The van der Waals surface area contributed by atoms with E-state index in [1.54, 1.807) is 6.07 Å². The number of carbonyl (C=O) groups is 1. The molecule has 3 N–H and O–H groups in total. The number of primary amides is 1. The van der Waals surface area contributed by atoms with E-state index in [2.05, 4.69) is 4.98 Å². The number of H-pyrrole nitrogens is 1. The number of nitrogens with two attached hydrogens (primary N) is 1. The van der Waals surface area contributed by atoms with Crippen LogP contribution in [0.1, 0.15) is 34.8 Å². The lowest BCUT2D eigenvalue weighted by molar-refractivity contribution is 0.0999. The minimum Gasteiger partial charge on any atom is -0.365 e. The topological polar surface area (TPSA) is 76.0 Å². The summed E-state index contributed by atoms with van der Waals surface area (Å²) >= 11 is 0. The molecule has 0 aromatic carbocycles. The van der Waals surface area contributed by atoms with Crippen molar-refractivity contribution in [3.63, 3.8) is 0 Å². The van der Waals surface area contributed by atoms with Gasteiger partial charge in [-0.05, 0) is 30.9 Å². The van der Waals surface area contributed by atoms with Crippen molar-refractivity contribution in [3.8, 4) is 0 Å². The number of hydrogen-bond donors (Lipinski definition) is 2. The molecule has 1 fully saturated rings. The lowest BCUT2D eigenvalue weighted by atomic mass is 10.2. The van der Waals surface area contributed by atoms with E-state index >= 15 is 0 Å². The molecular formula is C9H10N2O2. The van der Waals surface area contributed by atoms with Crippen LogP contribution in [0.2, 0.25) is 0 Å². The smallest absolute Gasteiger partial charge is 0.260 e. The van der Waals surface area contributed by atoms with E-state index in [4.69, 9.17) is 5.73 Å². The second kappa shape index (κ2) is 2.73. The number of hydrogen-bond acceptors (Lipinski definition) is 2. The maximum atomic E-state index is 11.3. The van der Waals surface area contributed by atoms with Crippen molar-refractivity contribution in [1.82, 2.24) is 4.98 Å². The maximum absolute atomic E-state index is 11.3. The van der Waals surface area contributed by atoms with Crippen LogP contribution in [0.4, 0.5) is 0 Å². The van der Waals surface area contributed by atoms with Gasteiger partial charge in [-0.15, -0.1) is 0 Å². The van der Waals surface area contributed by atoms with Crippen molar-refractivity contribution < 1.29 is 4.79 Å². The van der Waals surface area contributed by atoms with Gasteiger partial charge in [-0.3, -0.25) is 9.59 Å². The summed E-state index contributed by atoms with van der Waals surface area (Å²) in [5.74, 6) is -0.196. The van der Waals surface area contributed by atoms with E-state index in [0.717, 1.165) is 18.5 Å². The number of carbonyl (C=O) groups excluding carboxylic acids is 1. The molecule has 4 heteroatoms. The normalized spacial score (nSPS) is 15.7. The molecule has 0 radical (unpaired) electrons. The summed E-state index contributed by atoms with van der Waals surface area (Å²) < 4.78 is 0. The standard InChI is InChI=1S/C9H10N2O2/c10-8(12)6-3-4-7(5-1-2-5)11-9(6)13/h3-5H,1-2H2,(H2,10,12)(H,11,13). The molecule has 1 heterocycles. The fraction of sp³-hybridized carbons (Fsp3) is 0.333. The molecule has 1 aliphatic rings. The SMILES string of the molecule is NC(=O)c1ccc(C2CC2)[nH]c1=O. The molecule has 0 bridgehead atoms. The zero-order valence-corrected chi connectivity index (χ0v) is 7.04. The van der Waals surface area contributed by atoms with Gasteiger partial charge in [-0.2, -0.15) is 0 Å². The van der Waals surface area contributed by atoms with E-state index in [1.807, 2.05) is 0 Å². The third-order valence-corrected chi connectivity index (χ3v) is 2.21. The van der Waals surface area contributed by atoms with Crippen LogP contribution < -0.4 is 11.3 Å². The fourth-order valence-electron chi connectivity index (χ4n) is 1.32. The Labute approximate surface area is 74.8 Å². The summed E-state index contributed by atoms with van der Waals surface area (Å²) in [6.07, 6.45) is 2.23. The summed E-state index contributed by atoms with van der Waals surface area (Å²) in [4.78, 5) is 24.6. The maximum Gasteiger partial charge on any atom is 0.260 e. The van der Waals surface area contributed by atoms with E-state index in [9.17, 15) is 9.59 Å².